The summed E-state index contributed by atoms with van der Waals surface area (Å²) < 4.78 is 24.0. The molecule has 1 aromatic carbocycles. The molecule has 0 spiro atoms. The Balaban J connectivity index is 2.43. The van der Waals surface area contributed by atoms with E-state index in [9.17, 15) is 4.39 Å². The molecule has 0 saturated heterocycles. The molecule has 0 aliphatic rings. The van der Waals surface area contributed by atoms with E-state index in [4.69, 9.17) is 15.2 Å². The zero-order valence-corrected chi connectivity index (χ0v) is 11.1. The summed E-state index contributed by atoms with van der Waals surface area (Å²) in [5.41, 5.74) is 6.61. The fourth-order valence-corrected chi connectivity index (χ4v) is 1.57. The zero-order valence-electron chi connectivity index (χ0n) is 11.1. The Hall–Kier alpha value is -1.13. The summed E-state index contributed by atoms with van der Waals surface area (Å²) in [7, 11) is 0. The monoisotopic (exact) mass is 255 g/mol. The Morgan fingerprint density at radius 1 is 1.28 bits per heavy atom. The molecule has 1 aromatic rings. The van der Waals surface area contributed by atoms with E-state index >= 15 is 0 Å². The summed E-state index contributed by atoms with van der Waals surface area (Å²) in [6.45, 7) is 5.62. The number of benzene rings is 1. The number of hydrogen-bond acceptors (Lipinski definition) is 3. The van der Waals surface area contributed by atoms with E-state index < -0.39 is 0 Å². The number of ether oxygens (including phenoxy) is 2. The first-order valence-electron chi connectivity index (χ1n) is 6.40. The number of hydrogen-bond donors (Lipinski definition) is 1. The maximum Gasteiger partial charge on any atom is 0.127 e. The van der Waals surface area contributed by atoms with E-state index in [-0.39, 0.29) is 11.9 Å². The van der Waals surface area contributed by atoms with Gasteiger partial charge in [0.1, 0.15) is 18.2 Å². The minimum Gasteiger partial charge on any atom is -0.491 e. The molecule has 0 bridgehead atoms. The van der Waals surface area contributed by atoms with Gasteiger partial charge in [-0.2, -0.15) is 0 Å². The summed E-state index contributed by atoms with van der Waals surface area (Å²) in [6, 6.07) is 4.24. The zero-order chi connectivity index (χ0) is 13.4. The summed E-state index contributed by atoms with van der Waals surface area (Å²) >= 11 is 0. The summed E-state index contributed by atoms with van der Waals surface area (Å²) in [5, 5.41) is 0. The molecule has 0 aromatic heterocycles. The van der Waals surface area contributed by atoms with Crippen molar-refractivity contribution in [2.75, 3.05) is 19.8 Å². The normalized spacial score (nSPS) is 12.4. The van der Waals surface area contributed by atoms with Crippen molar-refractivity contribution in [2.45, 2.75) is 32.7 Å². The maximum absolute atomic E-state index is 13.1. The van der Waals surface area contributed by atoms with Gasteiger partial charge < -0.3 is 15.2 Å². The molecule has 0 radical (unpaired) electrons. The van der Waals surface area contributed by atoms with Gasteiger partial charge in [0.25, 0.3) is 0 Å². The van der Waals surface area contributed by atoms with Gasteiger partial charge in [-0.1, -0.05) is 19.4 Å². The second-order valence-corrected chi connectivity index (χ2v) is 4.29. The van der Waals surface area contributed by atoms with E-state index in [1.54, 1.807) is 6.07 Å². The Morgan fingerprint density at radius 3 is 2.72 bits per heavy atom. The molecule has 0 amide bonds. The predicted molar refractivity (Wildman–Crippen MR) is 70.2 cm³/mol. The first-order valence-corrected chi connectivity index (χ1v) is 6.40. The van der Waals surface area contributed by atoms with Crippen molar-refractivity contribution >= 4 is 0 Å². The molecule has 0 unspecified atom stereocenters. The lowest BCUT2D eigenvalue weighted by Crippen LogP contribution is -2.12. The largest absolute Gasteiger partial charge is 0.491 e. The standard InChI is InChI=1S/C14H22FNO2/c1-3-4-7-17-8-9-18-14-10-12(15)5-6-13(14)11(2)16/h5-6,10-11H,3-4,7-9,16H2,1-2H3/t11-/m0/s1. The molecule has 2 N–H and O–H groups in total. The third-order valence-electron chi connectivity index (χ3n) is 2.59. The molecule has 102 valence electrons. The lowest BCUT2D eigenvalue weighted by Gasteiger charge is -2.14. The van der Waals surface area contributed by atoms with E-state index in [0.717, 1.165) is 25.0 Å². The molecule has 0 fully saturated rings. The molecule has 0 aliphatic carbocycles. The molecule has 18 heavy (non-hydrogen) atoms. The minimum absolute atomic E-state index is 0.179. The highest BCUT2D eigenvalue weighted by molar-refractivity contribution is 5.36. The van der Waals surface area contributed by atoms with Crippen molar-refractivity contribution in [1.82, 2.24) is 0 Å². The van der Waals surface area contributed by atoms with Crippen LogP contribution in [0.25, 0.3) is 0 Å². The number of rotatable bonds is 8. The summed E-state index contributed by atoms with van der Waals surface area (Å²) in [5.74, 6) is 0.186. The highest BCUT2D eigenvalue weighted by atomic mass is 19.1. The van der Waals surface area contributed by atoms with Gasteiger partial charge in [-0.25, -0.2) is 4.39 Å². The Labute approximate surface area is 108 Å². The molecule has 0 saturated carbocycles. The van der Waals surface area contributed by atoms with Crippen molar-refractivity contribution in [3.05, 3.63) is 29.6 Å². The van der Waals surface area contributed by atoms with Gasteiger partial charge in [-0.15, -0.1) is 0 Å². The van der Waals surface area contributed by atoms with Crippen LogP contribution in [0.4, 0.5) is 4.39 Å². The molecule has 0 aliphatic heterocycles. The second kappa shape index (κ2) is 8.06. The molecule has 1 atom stereocenters. The number of unbranched alkanes of at least 4 members (excludes halogenated alkanes) is 1. The number of nitrogens with two attached hydrogens (primary N) is 1. The Morgan fingerprint density at radius 2 is 2.06 bits per heavy atom. The first-order chi connectivity index (χ1) is 8.65. The predicted octanol–water partition coefficient (Wildman–Crippen LogP) is 3.04. The van der Waals surface area contributed by atoms with E-state index in [2.05, 4.69) is 6.92 Å². The van der Waals surface area contributed by atoms with Gasteiger partial charge in [0.2, 0.25) is 0 Å². The number of halogens is 1. The molecule has 3 nitrogen and oxygen atoms in total. The molecular weight excluding hydrogens is 233 g/mol. The highest BCUT2D eigenvalue weighted by Gasteiger charge is 2.09. The van der Waals surface area contributed by atoms with Gasteiger partial charge >= 0.3 is 0 Å². The topological polar surface area (TPSA) is 44.5 Å². The lowest BCUT2D eigenvalue weighted by molar-refractivity contribution is 0.0975. The van der Waals surface area contributed by atoms with Crippen molar-refractivity contribution in [2.24, 2.45) is 5.73 Å². The minimum atomic E-state index is -0.318. The average molecular weight is 255 g/mol. The maximum atomic E-state index is 13.1. The van der Waals surface area contributed by atoms with E-state index in [1.165, 1.54) is 12.1 Å². The third kappa shape index (κ3) is 5.02. The Kier molecular flexibility index (Phi) is 6.68. The smallest absolute Gasteiger partial charge is 0.127 e. The fourth-order valence-electron chi connectivity index (χ4n) is 1.57. The summed E-state index contributed by atoms with van der Waals surface area (Å²) in [4.78, 5) is 0. The summed E-state index contributed by atoms with van der Waals surface area (Å²) in [6.07, 6.45) is 2.16. The van der Waals surface area contributed by atoms with Crippen LogP contribution < -0.4 is 10.5 Å². The fraction of sp³-hybridized carbons (Fsp3) is 0.571. The van der Waals surface area contributed by atoms with Crippen molar-refractivity contribution in [1.29, 1.82) is 0 Å². The molecule has 1 rings (SSSR count). The van der Waals surface area contributed by atoms with Crippen LogP contribution in [0.3, 0.4) is 0 Å². The lowest BCUT2D eigenvalue weighted by atomic mass is 10.1. The van der Waals surface area contributed by atoms with Crippen LogP contribution >= 0.6 is 0 Å². The van der Waals surface area contributed by atoms with Crippen LogP contribution in [0.1, 0.15) is 38.3 Å². The van der Waals surface area contributed by atoms with E-state index in [1.807, 2.05) is 6.92 Å². The molecule has 0 heterocycles. The van der Waals surface area contributed by atoms with Crippen LogP contribution in [0.15, 0.2) is 18.2 Å². The van der Waals surface area contributed by atoms with Crippen molar-refractivity contribution in [3.63, 3.8) is 0 Å². The second-order valence-electron chi connectivity index (χ2n) is 4.29. The van der Waals surface area contributed by atoms with Crippen molar-refractivity contribution in [3.8, 4) is 5.75 Å². The van der Waals surface area contributed by atoms with Crippen LogP contribution in [0.5, 0.6) is 5.75 Å². The van der Waals surface area contributed by atoms with Crippen LogP contribution in [0, 0.1) is 5.82 Å². The molecule has 4 heteroatoms. The average Bonchev–Trinajstić information content (AvgIpc) is 2.33. The van der Waals surface area contributed by atoms with Gasteiger partial charge in [-0.3, -0.25) is 0 Å². The Bertz CT molecular complexity index is 356. The van der Waals surface area contributed by atoms with Crippen LogP contribution in [-0.4, -0.2) is 19.8 Å². The molecular formula is C14H22FNO2. The van der Waals surface area contributed by atoms with E-state index in [0.29, 0.717) is 19.0 Å². The highest BCUT2D eigenvalue weighted by Crippen LogP contribution is 2.24. The van der Waals surface area contributed by atoms with Crippen LogP contribution in [-0.2, 0) is 4.74 Å². The quantitative estimate of drug-likeness (QED) is 0.726. The third-order valence-corrected chi connectivity index (χ3v) is 2.59. The van der Waals surface area contributed by atoms with Gasteiger partial charge in [0.05, 0.1) is 6.61 Å². The van der Waals surface area contributed by atoms with Crippen molar-refractivity contribution < 1.29 is 13.9 Å². The first kappa shape index (κ1) is 14.9. The van der Waals surface area contributed by atoms with Crippen LogP contribution in [0.2, 0.25) is 0 Å². The SMILES string of the molecule is CCCCOCCOc1cc(F)ccc1[C@H](C)N. The van der Waals surface area contributed by atoms with Gasteiger partial charge in [0, 0.05) is 24.3 Å². The van der Waals surface area contributed by atoms with Gasteiger partial charge in [-0.05, 0) is 19.4 Å². The van der Waals surface area contributed by atoms with Gasteiger partial charge in [0.15, 0.2) is 0 Å².